The highest BCUT2D eigenvalue weighted by Crippen LogP contribution is 2.10. The number of carbonyl (C=O) groups is 2. The number of allylic oxidation sites excluding steroid dienone is 1. The monoisotopic (exact) mass is 240 g/mol. The average molecular weight is 240 g/mol. The van der Waals surface area contributed by atoms with Crippen LogP contribution in [0.4, 0.5) is 4.79 Å². The van der Waals surface area contributed by atoms with Crippen LogP contribution in [-0.2, 0) is 4.79 Å². The summed E-state index contributed by atoms with van der Waals surface area (Å²) in [6.45, 7) is 2.19. The molecule has 0 radical (unpaired) electrons. The first-order valence-electron chi connectivity index (χ1n) is 5.99. The first-order valence-corrected chi connectivity index (χ1v) is 5.99. The number of urea groups is 1. The van der Waals surface area contributed by atoms with Gasteiger partial charge in [0.25, 0.3) is 0 Å². The smallest absolute Gasteiger partial charge is 0.315 e. The third kappa shape index (κ3) is 5.94. The molecule has 0 fully saturated rings. The number of hydrogen-bond acceptors (Lipinski definition) is 2. The molecule has 2 unspecified atom stereocenters. The van der Waals surface area contributed by atoms with E-state index in [0.29, 0.717) is 6.54 Å². The summed E-state index contributed by atoms with van der Waals surface area (Å²) in [4.78, 5) is 21.9. The Morgan fingerprint density at radius 1 is 1.47 bits per heavy atom. The second kappa shape index (κ2) is 6.93. The topological polar surface area (TPSA) is 78.4 Å². The van der Waals surface area contributed by atoms with Gasteiger partial charge in [0.2, 0.25) is 0 Å². The van der Waals surface area contributed by atoms with Crippen molar-refractivity contribution in [3.8, 4) is 0 Å². The number of nitrogens with one attached hydrogen (secondary N) is 2. The van der Waals surface area contributed by atoms with Crippen molar-refractivity contribution < 1.29 is 14.7 Å². The molecule has 0 saturated heterocycles. The van der Waals surface area contributed by atoms with Gasteiger partial charge in [-0.1, -0.05) is 19.1 Å². The summed E-state index contributed by atoms with van der Waals surface area (Å²) in [7, 11) is 0. The van der Waals surface area contributed by atoms with Crippen molar-refractivity contribution in [3.63, 3.8) is 0 Å². The molecule has 5 nitrogen and oxygen atoms in total. The van der Waals surface area contributed by atoms with Gasteiger partial charge in [-0.15, -0.1) is 0 Å². The second-order valence-electron chi connectivity index (χ2n) is 4.54. The highest BCUT2D eigenvalue weighted by molar-refractivity contribution is 5.74. The van der Waals surface area contributed by atoms with E-state index >= 15 is 0 Å². The van der Waals surface area contributed by atoms with E-state index in [1.807, 2.05) is 0 Å². The Balaban J connectivity index is 2.16. The summed E-state index contributed by atoms with van der Waals surface area (Å²) in [6.07, 6.45) is 7.10. The molecule has 2 amide bonds. The average Bonchev–Trinajstić information content (AvgIpc) is 2.27. The summed E-state index contributed by atoms with van der Waals surface area (Å²) in [5, 5.41) is 14.2. The van der Waals surface area contributed by atoms with Gasteiger partial charge in [-0.25, -0.2) is 4.79 Å². The fourth-order valence-corrected chi connectivity index (χ4v) is 1.80. The van der Waals surface area contributed by atoms with Crippen LogP contribution in [0.15, 0.2) is 12.2 Å². The normalized spacial score (nSPS) is 20.6. The molecule has 0 saturated carbocycles. The number of carbonyl (C=O) groups excluding carboxylic acids is 1. The van der Waals surface area contributed by atoms with Crippen molar-refractivity contribution in [1.29, 1.82) is 0 Å². The summed E-state index contributed by atoms with van der Waals surface area (Å²) in [5.74, 6) is -0.887. The van der Waals surface area contributed by atoms with E-state index in [4.69, 9.17) is 5.11 Å². The SMILES string of the molecule is CC(CNC(=O)NC1CC=CCC1)CC(=O)O. The van der Waals surface area contributed by atoms with Crippen LogP contribution in [-0.4, -0.2) is 29.7 Å². The van der Waals surface area contributed by atoms with Gasteiger partial charge in [0.05, 0.1) is 0 Å². The second-order valence-corrected chi connectivity index (χ2v) is 4.54. The molecule has 0 aromatic heterocycles. The van der Waals surface area contributed by atoms with E-state index in [9.17, 15) is 9.59 Å². The maximum atomic E-state index is 11.5. The minimum Gasteiger partial charge on any atom is -0.481 e. The summed E-state index contributed by atoms with van der Waals surface area (Å²) >= 11 is 0. The van der Waals surface area contributed by atoms with E-state index in [-0.39, 0.29) is 24.4 Å². The first-order chi connectivity index (χ1) is 8.08. The molecule has 1 aliphatic carbocycles. The van der Waals surface area contributed by atoms with Gasteiger partial charge < -0.3 is 15.7 Å². The quantitative estimate of drug-likeness (QED) is 0.637. The molecule has 5 heteroatoms. The lowest BCUT2D eigenvalue weighted by Crippen LogP contribution is -2.43. The van der Waals surface area contributed by atoms with Crippen molar-refractivity contribution in [2.75, 3.05) is 6.54 Å². The number of aliphatic carboxylic acids is 1. The predicted molar refractivity (Wildman–Crippen MR) is 64.7 cm³/mol. The van der Waals surface area contributed by atoms with Crippen LogP contribution in [0.25, 0.3) is 0 Å². The van der Waals surface area contributed by atoms with Crippen molar-refractivity contribution in [1.82, 2.24) is 10.6 Å². The van der Waals surface area contributed by atoms with Gasteiger partial charge in [-0.05, 0) is 25.2 Å². The zero-order chi connectivity index (χ0) is 12.7. The fraction of sp³-hybridized carbons (Fsp3) is 0.667. The zero-order valence-electron chi connectivity index (χ0n) is 10.1. The van der Waals surface area contributed by atoms with Gasteiger partial charge in [0, 0.05) is 19.0 Å². The number of carboxylic acids is 1. The molecule has 0 aromatic carbocycles. The molecule has 1 rings (SSSR count). The molecular formula is C12H20N2O3. The number of carboxylic acid groups (broad SMARTS) is 1. The molecule has 96 valence electrons. The van der Waals surface area contributed by atoms with Crippen LogP contribution in [0.2, 0.25) is 0 Å². The van der Waals surface area contributed by atoms with Crippen LogP contribution in [0, 0.1) is 5.92 Å². The molecule has 2 atom stereocenters. The predicted octanol–water partition coefficient (Wildman–Crippen LogP) is 1.51. The van der Waals surface area contributed by atoms with Gasteiger partial charge in [-0.3, -0.25) is 4.79 Å². The Hall–Kier alpha value is -1.52. The highest BCUT2D eigenvalue weighted by Gasteiger charge is 2.13. The number of rotatable bonds is 5. The Labute approximate surface area is 101 Å². The molecule has 0 spiro atoms. The number of hydrogen-bond donors (Lipinski definition) is 3. The summed E-state index contributed by atoms with van der Waals surface area (Å²) in [6, 6.07) is -0.00248. The summed E-state index contributed by atoms with van der Waals surface area (Å²) < 4.78 is 0. The van der Waals surface area contributed by atoms with Crippen molar-refractivity contribution in [2.24, 2.45) is 5.92 Å². The van der Waals surface area contributed by atoms with Crippen LogP contribution in [0.3, 0.4) is 0 Å². The fourth-order valence-electron chi connectivity index (χ4n) is 1.80. The van der Waals surface area contributed by atoms with Crippen LogP contribution in [0.5, 0.6) is 0 Å². The Kier molecular flexibility index (Phi) is 5.52. The lowest BCUT2D eigenvalue weighted by Gasteiger charge is -2.20. The third-order valence-electron chi connectivity index (χ3n) is 2.74. The minimum atomic E-state index is -0.836. The van der Waals surface area contributed by atoms with Crippen molar-refractivity contribution in [3.05, 3.63) is 12.2 Å². The Bertz CT molecular complexity index is 302. The van der Waals surface area contributed by atoms with Crippen molar-refractivity contribution >= 4 is 12.0 Å². The zero-order valence-corrected chi connectivity index (χ0v) is 10.1. The molecule has 0 aliphatic heterocycles. The minimum absolute atomic E-state index is 0.0514. The maximum Gasteiger partial charge on any atom is 0.315 e. The van der Waals surface area contributed by atoms with Crippen LogP contribution < -0.4 is 10.6 Å². The van der Waals surface area contributed by atoms with Crippen molar-refractivity contribution in [2.45, 2.75) is 38.6 Å². The van der Waals surface area contributed by atoms with Gasteiger partial charge in [0.15, 0.2) is 0 Å². The van der Waals surface area contributed by atoms with Gasteiger partial charge >= 0.3 is 12.0 Å². The van der Waals surface area contributed by atoms with Crippen LogP contribution >= 0.6 is 0 Å². The highest BCUT2D eigenvalue weighted by atomic mass is 16.4. The first kappa shape index (κ1) is 13.5. The molecule has 0 heterocycles. The van der Waals surface area contributed by atoms with Gasteiger partial charge in [-0.2, -0.15) is 0 Å². The Morgan fingerprint density at radius 2 is 2.24 bits per heavy atom. The molecule has 0 aromatic rings. The van der Waals surface area contributed by atoms with E-state index in [2.05, 4.69) is 22.8 Å². The lowest BCUT2D eigenvalue weighted by molar-refractivity contribution is -0.137. The van der Waals surface area contributed by atoms with Crippen LogP contribution in [0.1, 0.15) is 32.6 Å². The molecule has 3 N–H and O–H groups in total. The largest absolute Gasteiger partial charge is 0.481 e. The Morgan fingerprint density at radius 3 is 2.82 bits per heavy atom. The standard InChI is InChI=1S/C12H20N2O3/c1-9(7-11(15)16)8-13-12(17)14-10-5-3-2-4-6-10/h2-3,9-10H,4-8H2,1H3,(H,15,16)(H2,13,14,17). The third-order valence-corrected chi connectivity index (χ3v) is 2.74. The van der Waals surface area contributed by atoms with E-state index in [1.165, 1.54) is 0 Å². The molecule has 1 aliphatic rings. The van der Waals surface area contributed by atoms with E-state index in [1.54, 1.807) is 6.92 Å². The van der Waals surface area contributed by atoms with E-state index in [0.717, 1.165) is 19.3 Å². The lowest BCUT2D eigenvalue weighted by atomic mass is 10.0. The summed E-state index contributed by atoms with van der Waals surface area (Å²) in [5.41, 5.74) is 0. The molecular weight excluding hydrogens is 220 g/mol. The number of amides is 2. The maximum absolute atomic E-state index is 11.5. The van der Waals surface area contributed by atoms with Gasteiger partial charge in [0.1, 0.15) is 0 Å². The molecule has 0 bridgehead atoms. The molecule has 17 heavy (non-hydrogen) atoms. The van der Waals surface area contributed by atoms with E-state index < -0.39 is 5.97 Å².